The van der Waals surface area contributed by atoms with Crippen LogP contribution in [0.1, 0.15) is 37.5 Å². The van der Waals surface area contributed by atoms with Crippen LogP contribution in [0.25, 0.3) is 0 Å². The third-order valence-corrected chi connectivity index (χ3v) is 4.99. The first-order chi connectivity index (χ1) is 13.4. The van der Waals surface area contributed by atoms with Crippen molar-refractivity contribution in [3.63, 3.8) is 0 Å². The van der Waals surface area contributed by atoms with E-state index in [4.69, 9.17) is 5.11 Å². The molecule has 0 aliphatic carbocycles. The van der Waals surface area contributed by atoms with Gasteiger partial charge in [-0.1, -0.05) is 6.07 Å². The molecule has 0 aliphatic rings. The number of aromatic nitrogens is 2. The molecule has 3 rings (SSSR count). The molecule has 0 saturated carbocycles. The zero-order valence-corrected chi connectivity index (χ0v) is 16.3. The Balaban J connectivity index is 1.76. The van der Waals surface area contributed by atoms with E-state index in [1.807, 2.05) is 32.0 Å². The number of amides is 1. The number of pyridine rings is 2. The second kappa shape index (κ2) is 8.67. The molecule has 0 radical (unpaired) electrons. The SMILES string of the molecule is Cc1cc(C)cc(NC(=O)c2cccnc2SCc2ccnc(C(=O)O)c2)c1. The highest BCUT2D eigenvalue weighted by Crippen LogP contribution is 2.25. The monoisotopic (exact) mass is 393 g/mol. The summed E-state index contributed by atoms with van der Waals surface area (Å²) in [6.45, 7) is 3.96. The fourth-order valence-electron chi connectivity index (χ4n) is 2.76. The number of aromatic carboxylic acids is 1. The molecule has 3 aromatic rings. The second-order valence-electron chi connectivity index (χ2n) is 6.33. The van der Waals surface area contributed by atoms with E-state index in [1.165, 1.54) is 24.0 Å². The smallest absolute Gasteiger partial charge is 0.354 e. The Morgan fingerprint density at radius 1 is 1.04 bits per heavy atom. The number of aryl methyl sites for hydroxylation is 2. The number of thioether (sulfide) groups is 1. The van der Waals surface area contributed by atoms with Crippen molar-refractivity contribution < 1.29 is 14.7 Å². The van der Waals surface area contributed by atoms with Crippen molar-refractivity contribution in [1.82, 2.24) is 9.97 Å². The van der Waals surface area contributed by atoms with E-state index in [-0.39, 0.29) is 11.6 Å². The Morgan fingerprint density at radius 3 is 2.50 bits per heavy atom. The quantitative estimate of drug-likeness (QED) is 0.606. The Kier molecular flexibility index (Phi) is 6.06. The van der Waals surface area contributed by atoms with Gasteiger partial charge < -0.3 is 10.4 Å². The number of hydrogen-bond donors (Lipinski definition) is 2. The van der Waals surface area contributed by atoms with Crippen molar-refractivity contribution in [2.24, 2.45) is 0 Å². The van der Waals surface area contributed by atoms with E-state index in [1.54, 1.807) is 24.4 Å². The molecule has 142 valence electrons. The molecular weight excluding hydrogens is 374 g/mol. The van der Waals surface area contributed by atoms with E-state index in [2.05, 4.69) is 15.3 Å². The number of benzene rings is 1. The van der Waals surface area contributed by atoms with Gasteiger partial charge in [0.05, 0.1) is 5.56 Å². The van der Waals surface area contributed by atoms with Crippen LogP contribution in [-0.4, -0.2) is 27.0 Å². The molecule has 2 N–H and O–H groups in total. The molecule has 2 aromatic heterocycles. The maximum atomic E-state index is 12.8. The summed E-state index contributed by atoms with van der Waals surface area (Å²) >= 11 is 1.37. The maximum Gasteiger partial charge on any atom is 0.354 e. The summed E-state index contributed by atoms with van der Waals surface area (Å²) in [5.74, 6) is -0.830. The topological polar surface area (TPSA) is 92.2 Å². The lowest BCUT2D eigenvalue weighted by Gasteiger charge is -2.10. The lowest BCUT2D eigenvalue weighted by Crippen LogP contribution is -2.14. The molecule has 0 fully saturated rings. The number of carboxylic acids is 1. The largest absolute Gasteiger partial charge is 0.477 e. The van der Waals surface area contributed by atoms with Gasteiger partial charge >= 0.3 is 5.97 Å². The number of anilines is 1. The van der Waals surface area contributed by atoms with Crippen molar-refractivity contribution in [2.75, 3.05) is 5.32 Å². The van der Waals surface area contributed by atoms with Crippen LogP contribution in [0.5, 0.6) is 0 Å². The van der Waals surface area contributed by atoms with E-state index < -0.39 is 5.97 Å². The van der Waals surface area contributed by atoms with Gasteiger partial charge in [-0.25, -0.2) is 14.8 Å². The zero-order chi connectivity index (χ0) is 20.1. The summed E-state index contributed by atoms with van der Waals surface area (Å²) < 4.78 is 0. The molecule has 0 aliphatic heterocycles. The van der Waals surface area contributed by atoms with Crippen LogP contribution in [0.3, 0.4) is 0 Å². The molecule has 1 aromatic carbocycles. The van der Waals surface area contributed by atoms with Gasteiger partial charge in [0, 0.05) is 23.8 Å². The average Bonchev–Trinajstić information content (AvgIpc) is 2.66. The number of hydrogen-bond acceptors (Lipinski definition) is 5. The third kappa shape index (κ3) is 4.95. The summed E-state index contributed by atoms with van der Waals surface area (Å²) in [6.07, 6.45) is 3.09. The predicted octanol–water partition coefficient (Wildman–Crippen LogP) is 4.34. The number of rotatable bonds is 6. The van der Waals surface area contributed by atoms with Crippen molar-refractivity contribution in [1.29, 1.82) is 0 Å². The average molecular weight is 393 g/mol. The third-order valence-electron chi connectivity index (χ3n) is 3.91. The summed E-state index contributed by atoms with van der Waals surface area (Å²) in [7, 11) is 0. The van der Waals surface area contributed by atoms with E-state index in [9.17, 15) is 9.59 Å². The molecule has 0 atom stereocenters. The standard InChI is InChI=1S/C21H19N3O3S/c1-13-8-14(2)10-16(9-13)24-19(25)17-4-3-6-23-20(17)28-12-15-5-7-22-18(11-15)21(26)27/h3-11H,12H2,1-2H3,(H,24,25)(H,26,27). The van der Waals surface area contributed by atoms with Crippen molar-refractivity contribution in [3.8, 4) is 0 Å². The lowest BCUT2D eigenvalue weighted by molar-refractivity contribution is 0.0690. The van der Waals surface area contributed by atoms with E-state index >= 15 is 0 Å². The van der Waals surface area contributed by atoms with E-state index in [0.717, 1.165) is 22.4 Å². The highest BCUT2D eigenvalue weighted by atomic mass is 32.2. The number of nitrogens with one attached hydrogen (secondary N) is 1. The van der Waals surface area contributed by atoms with Crippen LogP contribution < -0.4 is 5.32 Å². The summed E-state index contributed by atoms with van der Waals surface area (Å²) in [4.78, 5) is 31.9. The highest BCUT2D eigenvalue weighted by Gasteiger charge is 2.14. The van der Waals surface area contributed by atoms with Crippen LogP contribution in [0.4, 0.5) is 5.69 Å². The fraction of sp³-hybridized carbons (Fsp3) is 0.143. The molecular formula is C21H19N3O3S. The minimum Gasteiger partial charge on any atom is -0.477 e. The van der Waals surface area contributed by atoms with Gasteiger partial charge in [0.25, 0.3) is 5.91 Å². The highest BCUT2D eigenvalue weighted by molar-refractivity contribution is 7.98. The Bertz CT molecular complexity index is 1020. The Hall–Kier alpha value is -3.19. The number of carbonyl (C=O) groups is 2. The van der Waals surface area contributed by atoms with Gasteiger partial charge in [-0.05, 0) is 66.9 Å². The molecule has 6 nitrogen and oxygen atoms in total. The molecule has 0 spiro atoms. The van der Waals surface area contributed by atoms with Gasteiger partial charge in [0.2, 0.25) is 0 Å². The Labute approximate surface area is 167 Å². The summed E-state index contributed by atoms with van der Waals surface area (Å²) in [5, 5.41) is 12.6. The molecule has 7 heteroatoms. The van der Waals surface area contributed by atoms with Crippen molar-refractivity contribution in [2.45, 2.75) is 24.6 Å². The number of carbonyl (C=O) groups excluding carboxylic acids is 1. The normalized spacial score (nSPS) is 10.5. The molecule has 28 heavy (non-hydrogen) atoms. The van der Waals surface area contributed by atoms with Gasteiger partial charge in [-0.2, -0.15) is 0 Å². The molecule has 2 heterocycles. The van der Waals surface area contributed by atoms with Crippen LogP contribution in [0.2, 0.25) is 0 Å². The first-order valence-electron chi connectivity index (χ1n) is 8.58. The Morgan fingerprint density at radius 2 is 1.79 bits per heavy atom. The summed E-state index contributed by atoms with van der Waals surface area (Å²) in [5.41, 5.74) is 4.14. The first-order valence-corrected chi connectivity index (χ1v) is 9.56. The molecule has 0 unspecified atom stereocenters. The van der Waals surface area contributed by atoms with Gasteiger partial charge in [-0.15, -0.1) is 11.8 Å². The minimum absolute atomic E-state index is 0.00750. The lowest BCUT2D eigenvalue weighted by atomic mass is 10.1. The van der Waals surface area contributed by atoms with Crippen molar-refractivity contribution in [3.05, 3.63) is 82.8 Å². The molecule has 0 saturated heterocycles. The van der Waals surface area contributed by atoms with Gasteiger partial charge in [0.15, 0.2) is 0 Å². The number of nitrogens with zero attached hydrogens (tertiary/aromatic N) is 2. The maximum absolute atomic E-state index is 12.8. The van der Waals surface area contributed by atoms with Gasteiger partial charge in [-0.3, -0.25) is 4.79 Å². The van der Waals surface area contributed by atoms with Crippen LogP contribution in [0, 0.1) is 13.8 Å². The number of carboxylic acid groups (broad SMARTS) is 1. The zero-order valence-electron chi connectivity index (χ0n) is 15.5. The second-order valence-corrected chi connectivity index (χ2v) is 7.29. The van der Waals surface area contributed by atoms with Crippen LogP contribution in [-0.2, 0) is 5.75 Å². The summed E-state index contributed by atoms with van der Waals surface area (Å²) in [6, 6.07) is 12.6. The van der Waals surface area contributed by atoms with Gasteiger partial charge in [0.1, 0.15) is 10.7 Å². The van der Waals surface area contributed by atoms with E-state index in [0.29, 0.717) is 16.3 Å². The minimum atomic E-state index is -1.07. The molecule has 1 amide bonds. The van der Waals surface area contributed by atoms with Crippen LogP contribution in [0.15, 0.2) is 59.9 Å². The van der Waals surface area contributed by atoms with Crippen molar-refractivity contribution >= 4 is 29.3 Å². The van der Waals surface area contributed by atoms with Crippen LogP contribution >= 0.6 is 11.8 Å². The first kappa shape index (κ1) is 19.6. The predicted molar refractivity (Wildman–Crippen MR) is 109 cm³/mol. The fourth-order valence-corrected chi connectivity index (χ4v) is 3.69. The molecule has 0 bridgehead atoms.